The Morgan fingerprint density at radius 2 is 0.977 bits per heavy atom. The van der Waals surface area contributed by atoms with Crippen molar-refractivity contribution < 1.29 is 77.0 Å². The molecule has 2 fully saturated rings. The molecule has 13 rings (SSSR count). The maximum absolute atomic E-state index is 14.6. The Labute approximate surface area is 758 Å². The number of anilines is 10. The normalized spacial score (nSPS) is 17.6. The maximum atomic E-state index is 14.6. The van der Waals surface area contributed by atoms with Crippen molar-refractivity contribution >= 4 is 145 Å². The number of nitrogens with zero attached hydrogens (tertiary/aromatic N) is 5. The summed E-state index contributed by atoms with van der Waals surface area (Å²) in [6.07, 6.45) is 4.47. The Bertz CT molecular complexity index is 5710. The van der Waals surface area contributed by atoms with E-state index in [4.69, 9.17) is 42.3 Å². The number of hydrogen-bond acceptors (Lipinski definition) is 26. The van der Waals surface area contributed by atoms with E-state index in [9.17, 15) is 77.3 Å². The number of rotatable bonds is 28. The number of aromatic hydroxyl groups is 1. The Morgan fingerprint density at radius 1 is 0.508 bits per heavy atom. The number of carbonyl (C=O) groups is 13. The summed E-state index contributed by atoms with van der Waals surface area (Å²) in [6.45, 7) is 7.94. The van der Waals surface area contributed by atoms with Crippen LogP contribution < -0.4 is 107 Å². The number of carboxylic acids is 1. The average Bonchev–Trinajstić information content (AvgIpc) is 0.744. The van der Waals surface area contributed by atoms with E-state index in [0.29, 0.717) is 79.3 Å². The predicted molar refractivity (Wildman–Crippen MR) is 495 cm³/mol. The fourth-order valence-electron chi connectivity index (χ4n) is 16.3. The number of unbranched alkanes of at least 4 members (excludes halogenated alkanes) is 2. The molecular formula is C93H108N22O17. The summed E-state index contributed by atoms with van der Waals surface area (Å²) in [5.74, 6) is -10.3. The molecule has 39 heteroatoms. The number of fused-ring (bicyclic) bond motifs is 6. The predicted octanol–water partition coefficient (Wildman–Crippen LogP) is 6.68. The number of aromatic nitrogens is 3. The molecule has 39 nitrogen and oxygen atoms in total. The molecule has 6 aliphatic rings. The van der Waals surface area contributed by atoms with Crippen LogP contribution in [0.3, 0.4) is 0 Å². The summed E-state index contributed by atoms with van der Waals surface area (Å²) in [6, 6.07) is 26.9. The lowest BCUT2D eigenvalue weighted by Gasteiger charge is -2.34. The fourth-order valence-corrected chi connectivity index (χ4v) is 16.3. The van der Waals surface area contributed by atoms with Crippen LogP contribution in [0.2, 0.25) is 0 Å². The molecule has 132 heavy (non-hydrogen) atoms. The van der Waals surface area contributed by atoms with Crippen LogP contribution in [0.1, 0.15) is 168 Å². The second-order valence-electron chi connectivity index (χ2n) is 33.4. The van der Waals surface area contributed by atoms with Crippen LogP contribution in [0.5, 0.6) is 5.75 Å². The molecule has 1 aromatic heterocycles. The third kappa shape index (κ3) is 23.1. The molecule has 0 saturated carbocycles. The number of benzene rings is 7. The minimum atomic E-state index is -1.32. The molecule has 0 unspecified atom stereocenters. The van der Waals surface area contributed by atoms with E-state index in [1.165, 1.54) is 72.8 Å². The van der Waals surface area contributed by atoms with Crippen LogP contribution in [-0.2, 0) is 51.4 Å². The summed E-state index contributed by atoms with van der Waals surface area (Å²) in [4.78, 5) is 211. The molecule has 0 radical (unpaired) electrons. The van der Waals surface area contributed by atoms with Crippen LogP contribution in [0.15, 0.2) is 137 Å². The van der Waals surface area contributed by atoms with E-state index in [1.54, 1.807) is 68.4 Å². The van der Waals surface area contributed by atoms with Gasteiger partial charge in [-0.3, -0.25) is 62.3 Å². The monoisotopic (exact) mass is 1800 g/mol. The van der Waals surface area contributed by atoms with Gasteiger partial charge in [0.2, 0.25) is 76.9 Å². The van der Waals surface area contributed by atoms with E-state index >= 15 is 0 Å². The van der Waals surface area contributed by atoms with Crippen molar-refractivity contribution in [3.63, 3.8) is 0 Å². The molecule has 6 aromatic carbocycles. The largest absolute Gasteiger partial charge is 0.508 e. The molecule has 1 aliphatic carbocycles. The van der Waals surface area contributed by atoms with Gasteiger partial charge in [-0.2, -0.15) is 15.0 Å². The second-order valence-corrected chi connectivity index (χ2v) is 33.4. The molecule has 692 valence electrons. The van der Waals surface area contributed by atoms with Gasteiger partial charge < -0.3 is 116 Å². The molecule has 0 spiro atoms. The summed E-state index contributed by atoms with van der Waals surface area (Å²) >= 11 is 0. The van der Waals surface area contributed by atoms with Crippen LogP contribution in [0, 0.1) is 23.7 Å². The minimum Gasteiger partial charge on any atom is -0.508 e. The van der Waals surface area contributed by atoms with E-state index < -0.39 is 138 Å². The molecule has 6 atom stereocenters. The summed E-state index contributed by atoms with van der Waals surface area (Å²) in [5.41, 5.74) is 26.5. The van der Waals surface area contributed by atoms with Gasteiger partial charge in [-0.05, 0) is 203 Å². The molecule has 5 aliphatic heterocycles. The number of phenols is 1. The molecule has 6 heterocycles. The lowest BCUT2D eigenvalue weighted by atomic mass is 9.90. The highest BCUT2D eigenvalue weighted by Gasteiger charge is 2.37. The van der Waals surface area contributed by atoms with Crippen molar-refractivity contribution in [1.82, 2.24) is 46.9 Å². The molecule has 7 aromatic rings. The van der Waals surface area contributed by atoms with E-state index in [-0.39, 0.29) is 191 Å². The SMILES string of the molecule is CC[C@H](C)[C@@H]1NC(=O)c2cc(NC(=O)CNC(=O)C3CCN(c4nc(Nc5ccc(-c6c7ccc(=O)cc-7oc7cc(O)ccc67)c(C(=O)O)c5)nc(N5CCC(C(=O)NCC(=O)Nc6ccc7c(c6)C(=O)N[C@@H]([C@@H](C)CC)C(=O)N[C@@H](CCCCN)C(=O)Nc6cc(C(N)=O)ccc6CN7)CC5)n4)CC3)ccc2NCc2ccc(C(N)=O)cc2NC(=O)[C@H](CCCCN)NC1=O. The molecular weight excluding hydrogens is 1700 g/mol. The number of primary amides is 2. The zero-order valence-corrected chi connectivity index (χ0v) is 73.4. The Hall–Kier alpha value is -15.2. The molecule has 0 bridgehead atoms. The van der Waals surface area contributed by atoms with Gasteiger partial charge in [-0.1, -0.05) is 58.7 Å². The number of hydrogen-bond donors (Lipinski definition) is 19. The van der Waals surface area contributed by atoms with Crippen LogP contribution in [0.25, 0.3) is 33.4 Å². The number of amides is 12. The van der Waals surface area contributed by atoms with Gasteiger partial charge >= 0.3 is 5.97 Å². The van der Waals surface area contributed by atoms with E-state index in [0.717, 1.165) is 0 Å². The first-order chi connectivity index (χ1) is 63.4. The number of carbonyl (C=O) groups excluding carboxylic acids is 12. The Morgan fingerprint density at radius 3 is 1.43 bits per heavy atom. The van der Waals surface area contributed by atoms with Gasteiger partial charge in [0.25, 0.3) is 11.8 Å². The standard InChI is InChI=1S/C93H108N22O17/c1-5-48(3)78-88(128)105-69(11-7-9-31-94)86(126)107-71-37-52(80(96)120)13-15-54(71)44-98-67-25-18-56(40-65(67)84(124)109-78)102-75(118)46-100-82(122)50-27-33-114(34-28-50)92-111-91(104-58-17-22-61(64(39-58)90(130)131)77-62-23-20-59(116)42-73(62)132-74-43-60(117)21-24-63(74)77)112-93(113-92)115-35-29-51(30-36-115)83(123)101-47-76(119)103-57-19-26-68-66(41-57)85(125)110-79(49(4)6-2)89(129)106-70(12-8-10-32-95)87(127)108-72-38-53(81(97)121)14-16-55(72)45-99-68/h13-26,37-43,48-51,69-70,78-79,98-99,116H,5-12,27-36,44-47,94-95H2,1-4H3,(H2,96,120)(H2,97,121)(H,100,122)(H,101,123)(H,102,118)(H,103,119)(H,105,128)(H,106,129)(H,107,126)(H,108,127)(H,109,124)(H,110,125)(H,130,131)(H,104,111,112,113)/t48-,49-,69-,70-,78-,79-/m0/s1. The summed E-state index contributed by atoms with van der Waals surface area (Å²) < 4.78 is 6.06. The first-order valence-electron chi connectivity index (χ1n) is 44.0. The zero-order chi connectivity index (χ0) is 94.1. The summed E-state index contributed by atoms with van der Waals surface area (Å²) in [7, 11) is 0. The number of phenolic OH excluding ortho intramolecular Hbond substituents is 1. The number of nitrogens with two attached hydrogens (primary N) is 4. The van der Waals surface area contributed by atoms with Crippen molar-refractivity contribution in [3.8, 4) is 28.2 Å². The molecule has 2 saturated heterocycles. The van der Waals surface area contributed by atoms with Crippen molar-refractivity contribution in [2.24, 2.45) is 46.6 Å². The van der Waals surface area contributed by atoms with Gasteiger partial charge in [-0.25, -0.2) is 4.79 Å². The molecule has 12 amide bonds. The average molecular weight is 1810 g/mol. The summed E-state index contributed by atoms with van der Waals surface area (Å²) in [5, 5.41) is 59.8. The fraction of sp³-hybridized carbons (Fsp3) is 0.366. The van der Waals surface area contributed by atoms with Gasteiger partial charge in [0, 0.05) is 131 Å². The highest BCUT2D eigenvalue weighted by Crippen LogP contribution is 2.43. The smallest absolute Gasteiger partial charge is 0.336 e. The first-order valence-corrected chi connectivity index (χ1v) is 44.0. The lowest BCUT2D eigenvalue weighted by Crippen LogP contribution is -2.55. The van der Waals surface area contributed by atoms with Gasteiger partial charge in [0.05, 0.1) is 29.8 Å². The lowest BCUT2D eigenvalue weighted by molar-refractivity contribution is -0.128. The van der Waals surface area contributed by atoms with Crippen molar-refractivity contribution in [2.75, 3.05) is 99.4 Å². The highest BCUT2D eigenvalue weighted by atomic mass is 16.4. The van der Waals surface area contributed by atoms with Crippen molar-refractivity contribution in [2.45, 2.75) is 142 Å². The minimum absolute atomic E-state index is 0.0131. The third-order valence-corrected chi connectivity index (χ3v) is 24.3. The van der Waals surface area contributed by atoms with Crippen molar-refractivity contribution in [3.05, 3.63) is 177 Å². The first kappa shape index (κ1) is 94.5. The van der Waals surface area contributed by atoms with Gasteiger partial charge in [-0.15, -0.1) is 0 Å². The molecule has 23 N–H and O–H groups in total. The van der Waals surface area contributed by atoms with E-state index in [2.05, 4.69) is 69.1 Å². The van der Waals surface area contributed by atoms with Gasteiger partial charge in [0.15, 0.2) is 5.43 Å². The highest BCUT2D eigenvalue weighted by molar-refractivity contribution is 6.10. The Kier molecular flexibility index (Phi) is 30.7. The van der Waals surface area contributed by atoms with Crippen LogP contribution in [0.4, 0.5) is 57.7 Å². The van der Waals surface area contributed by atoms with Crippen LogP contribution >= 0.6 is 0 Å². The van der Waals surface area contributed by atoms with Crippen molar-refractivity contribution in [1.29, 1.82) is 0 Å². The number of carboxylic acid groups (broad SMARTS) is 1. The van der Waals surface area contributed by atoms with Gasteiger partial charge in [0.1, 0.15) is 41.3 Å². The Balaban J connectivity index is 0.695. The second kappa shape index (κ2) is 42.8. The van der Waals surface area contributed by atoms with E-state index in [1.807, 2.05) is 23.6 Å². The number of aromatic carboxylic acids is 1. The van der Waals surface area contributed by atoms with Crippen LogP contribution in [-0.4, -0.2) is 179 Å². The quantitative estimate of drug-likeness (QED) is 0.0179. The third-order valence-electron chi connectivity index (χ3n) is 24.3. The maximum Gasteiger partial charge on any atom is 0.336 e. The zero-order valence-electron chi connectivity index (χ0n) is 73.4. The number of piperidine rings is 2. The number of nitrogens with one attached hydrogen (secondary N) is 13. The topological polar surface area (TPSA) is 598 Å².